The molecule has 4 aromatic rings. The second kappa shape index (κ2) is 11.4. The maximum absolute atomic E-state index is 15.1. The zero-order valence-electron chi connectivity index (χ0n) is 21.2. The van der Waals surface area contributed by atoms with Crippen molar-refractivity contribution in [3.8, 4) is 11.3 Å². The van der Waals surface area contributed by atoms with Crippen LogP contribution in [0.3, 0.4) is 0 Å². The minimum absolute atomic E-state index is 0.268. The van der Waals surface area contributed by atoms with E-state index in [2.05, 4.69) is 37.1 Å². The summed E-state index contributed by atoms with van der Waals surface area (Å²) in [6.45, 7) is 7.20. The molecule has 0 amide bonds. The van der Waals surface area contributed by atoms with Gasteiger partial charge in [-0.05, 0) is 61.0 Å². The highest BCUT2D eigenvalue weighted by Gasteiger charge is 2.14. The van der Waals surface area contributed by atoms with Crippen LogP contribution in [0, 0.1) is 6.92 Å². The molecular formula is C30H31FN6. The highest BCUT2D eigenvalue weighted by atomic mass is 19.1. The van der Waals surface area contributed by atoms with Gasteiger partial charge in [0.05, 0.1) is 5.69 Å². The van der Waals surface area contributed by atoms with E-state index in [-0.39, 0.29) is 5.83 Å². The summed E-state index contributed by atoms with van der Waals surface area (Å²) in [5, 5.41) is 3.28. The molecule has 3 heterocycles. The van der Waals surface area contributed by atoms with Crippen molar-refractivity contribution in [1.82, 2.24) is 24.8 Å². The number of nitrogens with zero attached hydrogens (tertiary/aromatic N) is 5. The lowest BCUT2D eigenvalue weighted by Crippen LogP contribution is -2.43. The molecule has 2 aromatic carbocycles. The molecule has 0 saturated carbocycles. The fourth-order valence-corrected chi connectivity index (χ4v) is 4.34. The number of halogens is 1. The number of pyridine rings is 1. The van der Waals surface area contributed by atoms with Crippen LogP contribution in [0.5, 0.6) is 0 Å². The standard InChI is InChI=1S/C30H31FN6/c1-22-5-6-24(19-29(22)35-30-33-13-11-28(34-30)26-4-3-12-32-20-26)18-27(31)25-9-7-23(8-10-25)21-37-16-14-36(2)15-17-37/h3-13,18-20H,14-17,21H2,1-2H3,(H,33,34,35)/b27-18-. The highest BCUT2D eigenvalue weighted by molar-refractivity contribution is 5.78. The quantitative estimate of drug-likeness (QED) is 0.328. The SMILES string of the molecule is Cc1ccc(/C=C(\F)c2ccc(CN3CCN(C)CC3)cc2)cc1Nc1nccc(-c2cccnc2)n1. The smallest absolute Gasteiger partial charge is 0.227 e. The van der Waals surface area contributed by atoms with Crippen LogP contribution in [-0.4, -0.2) is 58.0 Å². The first kappa shape index (κ1) is 24.7. The Morgan fingerprint density at radius 2 is 1.81 bits per heavy atom. The molecular weight excluding hydrogens is 463 g/mol. The molecule has 1 saturated heterocycles. The van der Waals surface area contributed by atoms with Crippen LogP contribution in [0.1, 0.15) is 22.3 Å². The maximum atomic E-state index is 15.1. The molecule has 0 bridgehead atoms. The van der Waals surface area contributed by atoms with Gasteiger partial charge < -0.3 is 10.2 Å². The maximum Gasteiger partial charge on any atom is 0.227 e. The Balaban J connectivity index is 1.28. The van der Waals surface area contributed by atoms with Crippen molar-refractivity contribution in [1.29, 1.82) is 0 Å². The van der Waals surface area contributed by atoms with Crippen LogP contribution in [0.4, 0.5) is 16.0 Å². The number of nitrogens with one attached hydrogen (secondary N) is 1. The molecule has 0 unspecified atom stereocenters. The summed E-state index contributed by atoms with van der Waals surface area (Å²) >= 11 is 0. The number of hydrogen-bond acceptors (Lipinski definition) is 6. The van der Waals surface area contributed by atoms with Crippen LogP contribution in [0.2, 0.25) is 0 Å². The lowest BCUT2D eigenvalue weighted by molar-refractivity contribution is 0.148. The van der Waals surface area contributed by atoms with Crippen LogP contribution >= 0.6 is 0 Å². The van der Waals surface area contributed by atoms with E-state index >= 15 is 4.39 Å². The number of rotatable bonds is 7. The Labute approximate surface area is 217 Å². The zero-order valence-corrected chi connectivity index (χ0v) is 21.2. The van der Waals surface area contributed by atoms with E-state index in [0.717, 1.165) is 60.8 Å². The van der Waals surface area contributed by atoms with Crippen LogP contribution in [0.15, 0.2) is 79.3 Å². The third-order valence-corrected chi connectivity index (χ3v) is 6.65. The first-order valence-corrected chi connectivity index (χ1v) is 12.5. The Hall–Kier alpha value is -3.94. The van der Waals surface area contributed by atoms with Gasteiger partial charge in [-0.2, -0.15) is 0 Å². The van der Waals surface area contributed by atoms with E-state index in [1.807, 2.05) is 67.6 Å². The molecule has 37 heavy (non-hydrogen) atoms. The van der Waals surface area contributed by atoms with Crippen molar-refractivity contribution in [2.24, 2.45) is 0 Å². The molecule has 7 heteroatoms. The molecule has 0 atom stereocenters. The second-order valence-electron chi connectivity index (χ2n) is 9.48. The van der Waals surface area contributed by atoms with Gasteiger partial charge in [0.2, 0.25) is 5.95 Å². The lowest BCUT2D eigenvalue weighted by Gasteiger charge is -2.32. The van der Waals surface area contributed by atoms with E-state index < -0.39 is 0 Å². The van der Waals surface area contributed by atoms with Gasteiger partial charge in [0.15, 0.2) is 0 Å². The fourth-order valence-electron chi connectivity index (χ4n) is 4.34. The van der Waals surface area contributed by atoms with Crippen molar-refractivity contribution in [2.45, 2.75) is 13.5 Å². The number of aryl methyl sites for hydroxylation is 1. The Morgan fingerprint density at radius 1 is 1.00 bits per heavy atom. The van der Waals surface area contributed by atoms with E-state index in [0.29, 0.717) is 11.5 Å². The minimum atomic E-state index is -0.268. The number of aromatic nitrogens is 3. The summed E-state index contributed by atoms with van der Waals surface area (Å²) in [5.74, 6) is 0.206. The molecule has 1 fully saturated rings. The number of hydrogen-bond donors (Lipinski definition) is 1. The predicted octanol–water partition coefficient (Wildman–Crippen LogP) is 5.81. The summed E-state index contributed by atoms with van der Waals surface area (Å²) < 4.78 is 15.1. The average Bonchev–Trinajstić information content (AvgIpc) is 2.93. The molecule has 2 aromatic heterocycles. The third-order valence-electron chi connectivity index (χ3n) is 6.65. The first-order chi connectivity index (χ1) is 18.0. The van der Waals surface area contributed by atoms with Gasteiger partial charge in [0.25, 0.3) is 0 Å². The molecule has 1 N–H and O–H groups in total. The molecule has 188 valence electrons. The fraction of sp³-hybridized carbons (Fsp3) is 0.233. The van der Waals surface area contributed by atoms with Crippen molar-refractivity contribution in [3.05, 3.63) is 102 Å². The van der Waals surface area contributed by atoms with Crippen molar-refractivity contribution < 1.29 is 4.39 Å². The highest BCUT2D eigenvalue weighted by Crippen LogP contribution is 2.26. The molecule has 1 aliphatic rings. The summed E-state index contributed by atoms with van der Waals surface area (Å²) in [6, 6.07) is 19.2. The van der Waals surface area contributed by atoms with Gasteiger partial charge in [-0.3, -0.25) is 9.88 Å². The Kier molecular flexibility index (Phi) is 7.63. The van der Waals surface area contributed by atoms with Crippen molar-refractivity contribution in [3.63, 3.8) is 0 Å². The monoisotopic (exact) mass is 494 g/mol. The number of likely N-dealkylation sites (N-methyl/N-ethyl adjacent to an activating group) is 1. The van der Waals surface area contributed by atoms with E-state index in [1.165, 1.54) is 5.56 Å². The molecule has 6 nitrogen and oxygen atoms in total. The van der Waals surface area contributed by atoms with Crippen LogP contribution in [-0.2, 0) is 6.54 Å². The van der Waals surface area contributed by atoms with Gasteiger partial charge in [-0.25, -0.2) is 14.4 Å². The lowest BCUT2D eigenvalue weighted by atomic mass is 10.1. The molecule has 5 rings (SSSR count). The topological polar surface area (TPSA) is 57.2 Å². The molecule has 1 aliphatic heterocycles. The van der Waals surface area contributed by atoms with Gasteiger partial charge in [0.1, 0.15) is 5.83 Å². The summed E-state index contributed by atoms with van der Waals surface area (Å²) in [4.78, 5) is 17.9. The number of benzene rings is 2. The predicted molar refractivity (Wildman–Crippen MR) is 148 cm³/mol. The Morgan fingerprint density at radius 3 is 2.57 bits per heavy atom. The van der Waals surface area contributed by atoms with Crippen molar-refractivity contribution >= 4 is 23.5 Å². The molecule has 0 radical (unpaired) electrons. The van der Waals surface area contributed by atoms with Crippen molar-refractivity contribution in [2.75, 3.05) is 38.5 Å². The minimum Gasteiger partial charge on any atom is -0.324 e. The van der Waals surface area contributed by atoms with Crippen LogP contribution in [0.25, 0.3) is 23.2 Å². The summed E-state index contributed by atoms with van der Waals surface area (Å²) in [6.07, 6.45) is 6.77. The Bertz CT molecular complexity index is 1360. The molecule has 0 spiro atoms. The average molecular weight is 495 g/mol. The van der Waals surface area contributed by atoms with Gasteiger partial charge in [-0.15, -0.1) is 0 Å². The van der Waals surface area contributed by atoms with Gasteiger partial charge >= 0.3 is 0 Å². The first-order valence-electron chi connectivity index (χ1n) is 12.5. The van der Waals surface area contributed by atoms with Crippen LogP contribution < -0.4 is 5.32 Å². The van der Waals surface area contributed by atoms with E-state index in [4.69, 9.17) is 0 Å². The third kappa shape index (κ3) is 6.44. The summed E-state index contributed by atoms with van der Waals surface area (Å²) in [7, 11) is 2.16. The largest absolute Gasteiger partial charge is 0.324 e. The summed E-state index contributed by atoms with van der Waals surface area (Å²) in [5.41, 5.74) is 6.07. The van der Waals surface area contributed by atoms with E-state index in [9.17, 15) is 0 Å². The number of piperazine rings is 1. The number of anilines is 2. The second-order valence-corrected chi connectivity index (χ2v) is 9.48. The van der Waals surface area contributed by atoms with Gasteiger partial charge in [0, 0.05) is 68.1 Å². The normalized spacial score (nSPS) is 15.1. The molecule has 0 aliphatic carbocycles. The van der Waals surface area contributed by atoms with Gasteiger partial charge in [-0.1, -0.05) is 36.4 Å². The zero-order chi connectivity index (χ0) is 25.6. The van der Waals surface area contributed by atoms with E-state index in [1.54, 1.807) is 24.7 Å².